The maximum Gasteiger partial charge on any atom is 0.186 e. The normalized spacial score (nSPS) is 22.5. The Labute approximate surface area is 258 Å². The Morgan fingerprint density at radius 1 is 0.619 bits per heavy atom. The molecule has 5 heteroatoms. The second kappa shape index (κ2) is 25.7. The third-order valence-corrected chi connectivity index (χ3v) is 7.66. The lowest BCUT2D eigenvalue weighted by Gasteiger charge is -2.44. The van der Waals surface area contributed by atoms with E-state index in [9.17, 15) is 0 Å². The van der Waals surface area contributed by atoms with Crippen molar-refractivity contribution < 1.29 is 23.7 Å². The van der Waals surface area contributed by atoms with Gasteiger partial charge in [0.1, 0.15) is 18.3 Å². The van der Waals surface area contributed by atoms with Gasteiger partial charge in [-0.3, -0.25) is 0 Å². The Morgan fingerprint density at radius 2 is 1.10 bits per heavy atom. The van der Waals surface area contributed by atoms with Gasteiger partial charge in [-0.25, -0.2) is 0 Å². The number of allylic oxidation sites excluding steroid dienone is 3. The van der Waals surface area contributed by atoms with Gasteiger partial charge in [-0.15, -0.1) is 39.5 Å². The van der Waals surface area contributed by atoms with E-state index in [0.717, 1.165) is 70.6 Å². The van der Waals surface area contributed by atoms with Gasteiger partial charge in [-0.1, -0.05) is 75.5 Å². The van der Waals surface area contributed by atoms with Gasteiger partial charge in [0.15, 0.2) is 6.29 Å². The molecule has 1 aliphatic heterocycles. The molecule has 1 fully saturated rings. The van der Waals surface area contributed by atoms with Gasteiger partial charge in [0.2, 0.25) is 0 Å². The van der Waals surface area contributed by atoms with Crippen molar-refractivity contribution in [2.75, 3.05) is 13.2 Å². The Balaban J connectivity index is 3.18. The summed E-state index contributed by atoms with van der Waals surface area (Å²) in [7, 11) is 0. The van der Waals surface area contributed by atoms with E-state index in [1.54, 1.807) is 0 Å². The Morgan fingerprint density at radius 3 is 1.60 bits per heavy atom. The summed E-state index contributed by atoms with van der Waals surface area (Å²) in [6, 6.07) is 0. The Bertz CT molecular complexity index is 734. The predicted molar refractivity (Wildman–Crippen MR) is 178 cm³/mol. The fourth-order valence-electron chi connectivity index (χ4n) is 5.14. The smallest absolute Gasteiger partial charge is 0.186 e. The highest BCUT2D eigenvalue weighted by Crippen LogP contribution is 2.30. The molecule has 4 unspecified atom stereocenters. The minimum Gasteiger partial charge on any atom is -0.366 e. The monoisotopic (exact) mass is 586 g/mol. The van der Waals surface area contributed by atoms with Crippen LogP contribution in [-0.2, 0) is 23.7 Å². The molecule has 0 radical (unpaired) electrons. The summed E-state index contributed by atoms with van der Waals surface area (Å²) in [5.41, 5.74) is 0. The summed E-state index contributed by atoms with van der Waals surface area (Å²) in [6.07, 6.45) is 24.5. The van der Waals surface area contributed by atoms with Crippen LogP contribution in [0.5, 0.6) is 0 Å². The van der Waals surface area contributed by atoms with Crippen molar-refractivity contribution in [2.24, 2.45) is 0 Å². The van der Waals surface area contributed by atoms with Crippen molar-refractivity contribution in [2.45, 2.75) is 146 Å². The predicted octanol–water partition coefficient (Wildman–Crippen LogP) is 9.61. The summed E-state index contributed by atoms with van der Waals surface area (Å²) in [5.74, 6) is 0. The summed E-state index contributed by atoms with van der Waals surface area (Å²) < 4.78 is 32.9. The molecule has 0 aromatic heterocycles. The van der Waals surface area contributed by atoms with Crippen LogP contribution in [0.1, 0.15) is 103 Å². The Kier molecular flexibility index (Phi) is 23.4. The van der Waals surface area contributed by atoms with E-state index in [1.165, 1.54) is 25.7 Å². The standard InChI is InChI=1S/C37H62O5/c1-8-15-19-20-21-25-29-38-37-36(42-33(14-7)28-24-18-11-4)35(41-32(13-6)27-23-17-10-3)34(30-39-37)40-31(12-5)26-22-16-9-2/h9-14,31-37H,2-8,15-30H2,1H3/t31?,32?,33?,34-,35+,36-,37?/m1/s1. The average molecular weight is 587 g/mol. The lowest BCUT2D eigenvalue weighted by Crippen LogP contribution is -2.59. The number of hydrogen-bond donors (Lipinski definition) is 0. The molecule has 0 bridgehead atoms. The molecule has 0 aromatic rings. The van der Waals surface area contributed by atoms with Crippen LogP contribution in [0.25, 0.3) is 0 Å². The first kappa shape index (κ1) is 38.3. The van der Waals surface area contributed by atoms with Crippen molar-refractivity contribution in [1.82, 2.24) is 0 Å². The van der Waals surface area contributed by atoms with E-state index in [4.69, 9.17) is 23.7 Å². The first-order chi connectivity index (χ1) is 20.6. The minimum absolute atomic E-state index is 0.128. The van der Waals surface area contributed by atoms with Gasteiger partial charge in [0, 0.05) is 6.61 Å². The van der Waals surface area contributed by atoms with Crippen LogP contribution in [0.4, 0.5) is 0 Å². The molecule has 0 aliphatic carbocycles. The summed E-state index contributed by atoms with van der Waals surface area (Å²) in [5, 5.41) is 0. The molecular formula is C37H62O5. The third-order valence-electron chi connectivity index (χ3n) is 7.66. The first-order valence-corrected chi connectivity index (χ1v) is 16.5. The topological polar surface area (TPSA) is 46.2 Å². The van der Waals surface area contributed by atoms with Crippen molar-refractivity contribution in [3.63, 3.8) is 0 Å². The summed E-state index contributed by atoms with van der Waals surface area (Å²) >= 11 is 0. The van der Waals surface area contributed by atoms with E-state index in [-0.39, 0.29) is 24.4 Å². The van der Waals surface area contributed by atoms with Crippen LogP contribution < -0.4 is 0 Å². The van der Waals surface area contributed by atoms with E-state index in [0.29, 0.717) is 13.2 Å². The van der Waals surface area contributed by atoms with Crippen LogP contribution >= 0.6 is 0 Å². The van der Waals surface area contributed by atoms with Gasteiger partial charge in [0.25, 0.3) is 0 Å². The van der Waals surface area contributed by atoms with Gasteiger partial charge in [-0.05, 0) is 64.2 Å². The van der Waals surface area contributed by atoms with Crippen LogP contribution in [0, 0.1) is 0 Å². The summed E-state index contributed by atoms with van der Waals surface area (Å²) in [6.45, 7) is 27.0. The zero-order valence-electron chi connectivity index (χ0n) is 26.8. The molecule has 1 rings (SSSR count). The van der Waals surface area contributed by atoms with Crippen molar-refractivity contribution in [3.05, 3.63) is 75.9 Å². The average Bonchev–Trinajstić information content (AvgIpc) is 3.00. The molecule has 1 aliphatic rings. The molecule has 0 spiro atoms. The molecule has 0 N–H and O–H groups in total. The van der Waals surface area contributed by atoms with Crippen LogP contribution in [0.15, 0.2) is 75.9 Å². The zero-order chi connectivity index (χ0) is 30.8. The SMILES string of the molecule is C=CCCCC(C=C)O[C@H]1[C@H](OC(C=C)CCCC=C)COC(OCCCCCCCC)[C@@H]1OC(C=C)CCCC=C. The number of ether oxygens (including phenoxy) is 5. The fourth-order valence-corrected chi connectivity index (χ4v) is 5.14. The molecule has 1 saturated heterocycles. The molecule has 0 aromatic carbocycles. The van der Waals surface area contributed by atoms with Crippen LogP contribution in [0.3, 0.4) is 0 Å². The van der Waals surface area contributed by atoms with Crippen molar-refractivity contribution in [1.29, 1.82) is 0 Å². The highest BCUT2D eigenvalue weighted by atomic mass is 16.7. The van der Waals surface area contributed by atoms with Gasteiger partial charge in [-0.2, -0.15) is 0 Å². The number of hydrogen-bond acceptors (Lipinski definition) is 5. The Hall–Kier alpha value is -1.76. The molecule has 240 valence electrons. The molecule has 5 nitrogen and oxygen atoms in total. The quantitative estimate of drug-likeness (QED) is 0.0645. The second-order valence-electron chi connectivity index (χ2n) is 11.2. The molecule has 7 atom stereocenters. The molecular weight excluding hydrogens is 524 g/mol. The van der Waals surface area contributed by atoms with E-state index in [1.807, 2.05) is 36.5 Å². The van der Waals surface area contributed by atoms with E-state index < -0.39 is 18.5 Å². The lowest BCUT2D eigenvalue weighted by molar-refractivity contribution is -0.306. The van der Waals surface area contributed by atoms with Crippen molar-refractivity contribution in [3.8, 4) is 0 Å². The van der Waals surface area contributed by atoms with E-state index >= 15 is 0 Å². The largest absolute Gasteiger partial charge is 0.366 e. The van der Waals surface area contributed by atoms with Gasteiger partial charge in [0.05, 0.1) is 24.9 Å². The first-order valence-electron chi connectivity index (χ1n) is 16.5. The minimum atomic E-state index is -0.561. The molecule has 1 heterocycles. The number of unbranched alkanes of at least 4 members (excludes halogenated alkanes) is 8. The van der Waals surface area contributed by atoms with Crippen molar-refractivity contribution >= 4 is 0 Å². The zero-order valence-corrected chi connectivity index (χ0v) is 26.8. The van der Waals surface area contributed by atoms with Crippen LogP contribution in [0.2, 0.25) is 0 Å². The fraction of sp³-hybridized carbons (Fsp3) is 0.676. The van der Waals surface area contributed by atoms with Gasteiger partial charge < -0.3 is 23.7 Å². The van der Waals surface area contributed by atoms with Gasteiger partial charge >= 0.3 is 0 Å². The van der Waals surface area contributed by atoms with E-state index in [2.05, 4.69) is 46.4 Å². The highest BCUT2D eigenvalue weighted by Gasteiger charge is 2.45. The molecule has 42 heavy (non-hydrogen) atoms. The maximum absolute atomic E-state index is 6.79. The molecule has 0 amide bonds. The lowest BCUT2D eigenvalue weighted by atomic mass is 10.0. The third kappa shape index (κ3) is 16.2. The second-order valence-corrected chi connectivity index (χ2v) is 11.2. The summed E-state index contributed by atoms with van der Waals surface area (Å²) in [4.78, 5) is 0. The van der Waals surface area contributed by atoms with Crippen LogP contribution in [-0.4, -0.2) is 56.1 Å². The maximum atomic E-state index is 6.79. The number of rotatable bonds is 29. The molecule has 0 saturated carbocycles. The highest BCUT2D eigenvalue weighted by molar-refractivity contribution is 4.95.